The Morgan fingerprint density at radius 3 is 1.37 bits per heavy atom. The van der Waals surface area contributed by atoms with Crippen molar-refractivity contribution in [1.82, 2.24) is 5.32 Å². The van der Waals surface area contributed by atoms with Crippen LogP contribution in [0, 0.1) is 0 Å². The number of hydrogen-bond acceptors (Lipinski definition) is 8. The first-order chi connectivity index (χ1) is 30.8. The van der Waals surface area contributed by atoms with Crippen LogP contribution < -0.4 is 5.32 Å². The Morgan fingerprint density at radius 2 is 0.937 bits per heavy atom. The van der Waals surface area contributed by atoms with E-state index in [0.29, 0.717) is 12.8 Å². The minimum atomic E-state index is -1.55. The highest BCUT2D eigenvalue weighted by molar-refractivity contribution is 5.76. The number of amides is 1. The molecule has 0 radical (unpaired) electrons. The van der Waals surface area contributed by atoms with Gasteiger partial charge >= 0.3 is 0 Å². The number of aliphatic hydroxyl groups excluding tert-OH is 5. The second-order valence-corrected chi connectivity index (χ2v) is 19.0. The van der Waals surface area contributed by atoms with Gasteiger partial charge in [-0.3, -0.25) is 4.79 Å². The van der Waals surface area contributed by atoms with Crippen molar-refractivity contribution in [2.45, 2.75) is 301 Å². The Hall–Kier alpha value is -1.33. The molecule has 1 aliphatic rings. The first-order valence-electron chi connectivity index (χ1n) is 27.0. The van der Waals surface area contributed by atoms with Crippen molar-refractivity contribution in [2.24, 2.45) is 0 Å². The Bertz CT molecular complexity index is 1040. The molecule has 1 saturated heterocycles. The van der Waals surface area contributed by atoms with Gasteiger partial charge in [0.2, 0.25) is 5.91 Å². The third kappa shape index (κ3) is 34.6. The van der Waals surface area contributed by atoms with Gasteiger partial charge in [-0.2, -0.15) is 0 Å². The number of rotatable bonds is 46. The van der Waals surface area contributed by atoms with Crippen molar-refractivity contribution >= 4 is 5.91 Å². The highest BCUT2D eigenvalue weighted by atomic mass is 16.7. The minimum Gasteiger partial charge on any atom is -0.394 e. The van der Waals surface area contributed by atoms with Crippen molar-refractivity contribution in [3.63, 3.8) is 0 Å². The number of hydrogen-bond donors (Lipinski definition) is 6. The smallest absolute Gasteiger partial charge is 0.220 e. The largest absolute Gasteiger partial charge is 0.394 e. The molecule has 7 unspecified atom stereocenters. The van der Waals surface area contributed by atoms with Crippen LogP contribution in [0.4, 0.5) is 0 Å². The maximum Gasteiger partial charge on any atom is 0.220 e. The number of aliphatic hydroxyl groups is 5. The molecular weight excluding hydrogens is 791 g/mol. The van der Waals surface area contributed by atoms with Gasteiger partial charge in [0.15, 0.2) is 6.29 Å². The van der Waals surface area contributed by atoms with Crippen molar-refractivity contribution in [3.05, 3.63) is 24.3 Å². The van der Waals surface area contributed by atoms with E-state index < -0.39 is 49.5 Å². The summed E-state index contributed by atoms with van der Waals surface area (Å²) in [5, 5.41) is 54.4. The fourth-order valence-corrected chi connectivity index (χ4v) is 8.72. The SMILES string of the molecule is CCCCCCCCCCC/C=C\C/C=C\CCCCCCCCCCCCCCCC(=O)NC(COC1OC(CO)C(O)C(O)C1O)C(O)CCCCCCCCCCCCC. The summed E-state index contributed by atoms with van der Waals surface area (Å²) in [6, 6.07) is -0.716. The Labute approximate surface area is 388 Å². The van der Waals surface area contributed by atoms with Crippen molar-refractivity contribution in [2.75, 3.05) is 13.2 Å². The first kappa shape index (κ1) is 59.7. The average molecular weight is 894 g/mol. The predicted molar refractivity (Wildman–Crippen MR) is 263 cm³/mol. The molecule has 372 valence electrons. The molecule has 0 aromatic carbocycles. The second kappa shape index (κ2) is 44.5. The van der Waals surface area contributed by atoms with Gasteiger partial charge in [-0.1, -0.05) is 231 Å². The van der Waals surface area contributed by atoms with Crippen LogP contribution in [0.15, 0.2) is 24.3 Å². The van der Waals surface area contributed by atoms with E-state index in [2.05, 4.69) is 43.5 Å². The fourth-order valence-electron chi connectivity index (χ4n) is 8.72. The monoisotopic (exact) mass is 894 g/mol. The fraction of sp³-hybridized carbons (Fsp3) is 0.907. The van der Waals surface area contributed by atoms with Crippen molar-refractivity contribution < 1.29 is 39.8 Å². The highest BCUT2D eigenvalue weighted by Crippen LogP contribution is 2.23. The number of allylic oxidation sites excluding steroid dienone is 4. The van der Waals surface area contributed by atoms with Crippen LogP contribution in [0.3, 0.4) is 0 Å². The van der Waals surface area contributed by atoms with Crippen molar-refractivity contribution in [1.29, 1.82) is 0 Å². The van der Waals surface area contributed by atoms with E-state index in [-0.39, 0.29) is 12.5 Å². The van der Waals surface area contributed by atoms with Crippen LogP contribution in [-0.2, 0) is 14.3 Å². The molecule has 0 aliphatic carbocycles. The Balaban J connectivity index is 2.14. The quantitative estimate of drug-likeness (QED) is 0.0261. The third-order valence-electron chi connectivity index (χ3n) is 13.1. The zero-order valence-electron chi connectivity index (χ0n) is 41.1. The number of nitrogens with one attached hydrogen (secondary N) is 1. The molecule has 1 rings (SSSR count). The lowest BCUT2D eigenvalue weighted by Crippen LogP contribution is -2.60. The zero-order chi connectivity index (χ0) is 45.9. The van der Waals surface area contributed by atoms with Crippen LogP contribution >= 0.6 is 0 Å². The van der Waals surface area contributed by atoms with Gasteiger partial charge in [0, 0.05) is 6.42 Å². The highest BCUT2D eigenvalue weighted by Gasteiger charge is 2.44. The summed E-state index contributed by atoms with van der Waals surface area (Å²) >= 11 is 0. The molecule has 0 bridgehead atoms. The second-order valence-electron chi connectivity index (χ2n) is 19.0. The summed E-state index contributed by atoms with van der Waals surface area (Å²) < 4.78 is 11.3. The van der Waals surface area contributed by atoms with E-state index in [0.717, 1.165) is 44.9 Å². The van der Waals surface area contributed by atoms with Gasteiger partial charge in [0.25, 0.3) is 0 Å². The molecule has 9 nitrogen and oxygen atoms in total. The average Bonchev–Trinajstić information content (AvgIpc) is 3.28. The molecule has 0 saturated carbocycles. The number of ether oxygens (including phenoxy) is 2. The summed E-state index contributed by atoms with van der Waals surface area (Å²) in [4.78, 5) is 13.0. The lowest BCUT2D eigenvalue weighted by Gasteiger charge is -2.40. The third-order valence-corrected chi connectivity index (χ3v) is 13.1. The van der Waals surface area contributed by atoms with Gasteiger partial charge < -0.3 is 40.3 Å². The molecule has 1 aliphatic heterocycles. The molecular formula is C54H103NO8. The topological polar surface area (TPSA) is 149 Å². The Kier molecular flexibility index (Phi) is 42.2. The number of carbonyl (C=O) groups excluding carboxylic acids is 1. The lowest BCUT2D eigenvalue weighted by molar-refractivity contribution is -0.302. The summed E-state index contributed by atoms with van der Waals surface area (Å²) in [7, 11) is 0. The Morgan fingerprint density at radius 1 is 0.540 bits per heavy atom. The standard InChI is InChI=1S/C54H103NO8/c1-3-5-7-9-11-13-15-16-17-18-19-20-21-22-23-24-25-26-27-28-29-30-31-32-34-36-38-40-42-44-50(58)55-47(46-62-54-53(61)52(60)51(59)49(45-56)63-54)48(57)43-41-39-37-35-33-14-12-10-8-6-4-2/h19-20,22-23,47-49,51-54,56-57,59-61H,3-18,21,24-46H2,1-2H3,(H,55,58)/b20-19-,23-22-. The van der Waals surface area contributed by atoms with Gasteiger partial charge in [-0.05, 0) is 44.9 Å². The van der Waals surface area contributed by atoms with E-state index in [4.69, 9.17) is 9.47 Å². The van der Waals surface area contributed by atoms with Gasteiger partial charge in [0.05, 0.1) is 25.4 Å². The van der Waals surface area contributed by atoms with E-state index in [9.17, 15) is 30.3 Å². The molecule has 1 fully saturated rings. The summed E-state index contributed by atoms with van der Waals surface area (Å²) in [6.07, 6.45) is 47.8. The van der Waals surface area contributed by atoms with Crippen LogP contribution in [0.2, 0.25) is 0 Å². The molecule has 1 amide bonds. The molecule has 7 atom stereocenters. The molecule has 6 N–H and O–H groups in total. The molecule has 1 heterocycles. The summed E-state index contributed by atoms with van der Waals surface area (Å²) in [5.74, 6) is -0.144. The zero-order valence-corrected chi connectivity index (χ0v) is 41.1. The van der Waals surface area contributed by atoms with Crippen LogP contribution in [0.25, 0.3) is 0 Å². The van der Waals surface area contributed by atoms with Crippen LogP contribution in [0.5, 0.6) is 0 Å². The van der Waals surface area contributed by atoms with Crippen LogP contribution in [0.1, 0.15) is 258 Å². The maximum atomic E-state index is 13.0. The maximum absolute atomic E-state index is 13.0. The summed E-state index contributed by atoms with van der Waals surface area (Å²) in [5.41, 5.74) is 0. The van der Waals surface area contributed by atoms with E-state index in [1.54, 1.807) is 0 Å². The number of carbonyl (C=O) groups is 1. The predicted octanol–water partition coefficient (Wildman–Crippen LogP) is 12.6. The normalized spacial score (nSPS) is 20.3. The number of unbranched alkanes of at least 4 members (excludes halogenated alkanes) is 32. The lowest BCUT2D eigenvalue weighted by atomic mass is 9.99. The minimum absolute atomic E-state index is 0.136. The summed E-state index contributed by atoms with van der Waals surface area (Å²) in [6.45, 7) is 3.84. The molecule has 0 aromatic heterocycles. The van der Waals surface area contributed by atoms with Crippen molar-refractivity contribution in [3.8, 4) is 0 Å². The van der Waals surface area contributed by atoms with E-state index in [1.807, 2.05) is 0 Å². The van der Waals surface area contributed by atoms with E-state index >= 15 is 0 Å². The van der Waals surface area contributed by atoms with Gasteiger partial charge in [-0.15, -0.1) is 0 Å². The van der Waals surface area contributed by atoms with Gasteiger partial charge in [0.1, 0.15) is 24.4 Å². The molecule has 9 heteroatoms. The molecule has 0 spiro atoms. The van der Waals surface area contributed by atoms with Crippen LogP contribution in [-0.4, -0.2) is 87.5 Å². The molecule has 0 aromatic rings. The molecule has 63 heavy (non-hydrogen) atoms. The van der Waals surface area contributed by atoms with Gasteiger partial charge in [-0.25, -0.2) is 0 Å². The first-order valence-corrected chi connectivity index (χ1v) is 27.0. The van der Waals surface area contributed by atoms with E-state index in [1.165, 1.54) is 186 Å².